The van der Waals surface area contributed by atoms with Gasteiger partial charge >= 0.3 is 0 Å². The molecule has 0 saturated carbocycles. The molecule has 0 radical (unpaired) electrons. The molecule has 2 heterocycles. The van der Waals surface area contributed by atoms with Crippen LogP contribution in [0, 0.1) is 0 Å². The van der Waals surface area contributed by atoms with Gasteiger partial charge in [0.15, 0.2) is 0 Å². The van der Waals surface area contributed by atoms with Gasteiger partial charge < -0.3 is 10.2 Å². The largest absolute Gasteiger partial charge is 0.334 e. The number of aromatic amines is 1. The lowest BCUT2D eigenvalue weighted by atomic mass is 10.1. The van der Waals surface area contributed by atoms with Crippen LogP contribution in [0.2, 0.25) is 0 Å². The lowest BCUT2D eigenvalue weighted by Crippen LogP contribution is -2.47. The molecule has 1 aromatic heterocycles. The monoisotopic (exact) mass is 210 g/mol. The van der Waals surface area contributed by atoms with Crippen molar-refractivity contribution in [1.82, 2.24) is 30.8 Å². The summed E-state index contributed by atoms with van der Waals surface area (Å²) in [4.78, 5) is 13.6. The summed E-state index contributed by atoms with van der Waals surface area (Å²) in [6.07, 6.45) is 2.11. The van der Waals surface area contributed by atoms with Crippen LogP contribution in [0.3, 0.4) is 0 Å². The number of nitrogens with zero attached hydrogens (tertiary/aromatic N) is 4. The van der Waals surface area contributed by atoms with Crippen LogP contribution in [-0.4, -0.2) is 57.6 Å². The van der Waals surface area contributed by atoms with Gasteiger partial charge in [-0.05, 0) is 25.1 Å². The Kier molecular flexibility index (Phi) is 2.91. The van der Waals surface area contributed by atoms with Crippen molar-refractivity contribution in [2.75, 3.05) is 20.1 Å². The molecule has 0 bridgehead atoms. The number of carbonyl (C=O) groups is 1. The van der Waals surface area contributed by atoms with Gasteiger partial charge in [-0.2, -0.15) is 5.21 Å². The number of tetrazole rings is 1. The predicted octanol–water partition coefficient (Wildman–Crippen LogP) is -0.976. The number of H-pyrrole nitrogens is 1. The third kappa shape index (κ3) is 2.12. The Morgan fingerprint density at radius 1 is 1.67 bits per heavy atom. The Morgan fingerprint density at radius 2 is 2.53 bits per heavy atom. The molecule has 1 atom stereocenters. The van der Waals surface area contributed by atoms with Crippen molar-refractivity contribution >= 4 is 5.91 Å². The van der Waals surface area contributed by atoms with Crippen molar-refractivity contribution in [2.24, 2.45) is 0 Å². The summed E-state index contributed by atoms with van der Waals surface area (Å²) in [5.74, 6) is -0.00421. The smallest absolute Gasteiger partial charge is 0.295 e. The van der Waals surface area contributed by atoms with Crippen LogP contribution >= 0.6 is 0 Å². The molecule has 0 spiro atoms. The molecule has 0 aromatic carbocycles. The molecule has 1 amide bonds. The predicted molar refractivity (Wildman–Crippen MR) is 52.2 cm³/mol. The number of hydrogen-bond acceptors (Lipinski definition) is 5. The number of carbonyl (C=O) groups excluding carboxylic acids is 1. The molecule has 1 aromatic rings. The minimum Gasteiger partial charge on any atom is -0.334 e. The van der Waals surface area contributed by atoms with E-state index < -0.39 is 0 Å². The van der Waals surface area contributed by atoms with Crippen molar-refractivity contribution in [1.29, 1.82) is 0 Å². The van der Waals surface area contributed by atoms with Gasteiger partial charge in [-0.1, -0.05) is 0 Å². The number of amides is 1. The zero-order valence-corrected chi connectivity index (χ0v) is 8.60. The number of piperidine rings is 1. The number of rotatable bonds is 2. The van der Waals surface area contributed by atoms with Gasteiger partial charge in [0.1, 0.15) is 0 Å². The summed E-state index contributed by atoms with van der Waals surface area (Å²) in [6, 6.07) is 0.370. The number of likely N-dealkylation sites (tertiary alicyclic amines) is 1. The van der Waals surface area contributed by atoms with Crippen LogP contribution in [-0.2, 0) is 0 Å². The summed E-state index contributed by atoms with van der Waals surface area (Å²) < 4.78 is 0. The fourth-order valence-corrected chi connectivity index (χ4v) is 1.79. The highest BCUT2D eigenvalue weighted by Gasteiger charge is 2.25. The molecule has 7 heteroatoms. The number of hydrogen-bond donors (Lipinski definition) is 2. The average Bonchev–Trinajstić information content (AvgIpc) is 2.81. The van der Waals surface area contributed by atoms with E-state index in [1.54, 1.807) is 4.90 Å². The minimum atomic E-state index is -0.149. The molecule has 1 aliphatic heterocycles. The van der Waals surface area contributed by atoms with Gasteiger partial charge in [-0.15, -0.1) is 10.2 Å². The molecular formula is C8H14N6O. The zero-order chi connectivity index (χ0) is 10.7. The number of likely N-dealkylation sites (N-methyl/N-ethyl adjacent to an activating group) is 1. The molecule has 15 heavy (non-hydrogen) atoms. The highest BCUT2D eigenvalue weighted by Crippen LogP contribution is 2.11. The van der Waals surface area contributed by atoms with E-state index >= 15 is 0 Å². The van der Waals surface area contributed by atoms with Gasteiger partial charge in [0.05, 0.1) is 0 Å². The van der Waals surface area contributed by atoms with Crippen molar-refractivity contribution < 1.29 is 4.79 Å². The molecule has 1 aliphatic rings. The Morgan fingerprint density at radius 3 is 3.20 bits per heavy atom. The van der Waals surface area contributed by atoms with Gasteiger partial charge in [-0.25, -0.2) is 0 Å². The molecule has 2 N–H and O–H groups in total. The van der Waals surface area contributed by atoms with Crippen LogP contribution in [0.15, 0.2) is 0 Å². The summed E-state index contributed by atoms with van der Waals surface area (Å²) >= 11 is 0. The topological polar surface area (TPSA) is 86.8 Å². The first-order valence-electron chi connectivity index (χ1n) is 5.01. The van der Waals surface area contributed by atoms with E-state index in [-0.39, 0.29) is 11.7 Å². The van der Waals surface area contributed by atoms with Crippen molar-refractivity contribution in [3.8, 4) is 0 Å². The van der Waals surface area contributed by atoms with Crippen molar-refractivity contribution in [3.63, 3.8) is 0 Å². The Bertz CT molecular complexity index is 324. The first-order valence-corrected chi connectivity index (χ1v) is 5.01. The number of nitrogens with one attached hydrogen (secondary N) is 2. The third-order valence-corrected chi connectivity index (χ3v) is 2.65. The molecule has 1 fully saturated rings. The normalized spacial score (nSPS) is 21.7. The number of aromatic nitrogens is 4. The van der Waals surface area contributed by atoms with Crippen LogP contribution in [0.4, 0.5) is 0 Å². The first-order chi connectivity index (χ1) is 7.31. The summed E-state index contributed by atoms with van der Waals surface area (Å²) in [7, 11) is 1.91. The summed E-state index contributed by atoms with van der Waals surface area (Å²) in [5.41, 5.74) is 0. The maximum atomic E-state index is 11.8. The van der Waals surface area contributed by atoms with Crippen molar-refractivity contribution in [3.05, 3.63) is 5.82 Å². The van der Waals surface area contributed by atoms with E-state index in [0.29, 0.717) is 12.6 Å². The Balaban J connectivity index is 2.01. The summed E-state index contributed by atoms with van der Waals surface area (Å²) in [5, 5.41) is 16.2. The average molecular weight is 210 g/mol. The lowest BCUT2D eigenvalue weighted by Gasteiger charge is -2.31. The molecule has 1 saturated heterocycles. The van der Waals surface area contributed by atoms with E-state index in [9.17, 15) is 4.79 Å². The molecular weight excluding hydrogens is 196 g/mol. The maximum Gasteiger partial charge on any atom is 0.295 e. The van der Waals surface area contributed by atoms with E-state index in [0.717, 1.165) is 19.4 Å². The second-order valence-corrected chi connectivity index (χ2v) is 3.61. The van der Waals surface area contributed by atoms with Crippen LogP contribution in [0.5, 0.6) is 0 Å². The SMILES string of the molecule is CNC1CCCN(C(=O)c2nn[nH]n2)C1. The van der Waals surface area contributed by atoms with Crippen LogP contribution < -0.4 is 5.32 Å². The standard InChI is InChI=1S/C8H14N6O/c1-9-6-3-2-4-14(5-6)8(15)7-10-12-13-11-7/h6,9H,2-5H2,1H3,(H,10,11,12,13). The fraction of sp³-hybridized carbons (Fsp3) is 0.750. The van der Waals surface area contributed by atoms with E-state index in [1.807, 2.05) is 7.05 Å². The highest BCUT2D eigenvalue weighted by molar-refractivity contribution is 5.90. The second kappa shape index (κ2) is 4.35. The molecule has 2 rings (SSSR count). The van der Waals surface area contributed by atoms with Gasteiger partial charge in [0.25, 0.3) is 11.7 Å². The lowest BCUT2D eigenvalue weighted by molar-refractivity contribution is 0.0686. The quantitative estimate of drug-likeness (QED) is 0.655. The molecule has 0 aliphatic carbocycles. The van der Waals surface area contributed by atoms with Crippen LogP contribution in [0.1, 0.15) is 23.5 Å². The van der Waals surface area contributed by atoms with Gasteiger partial charge in [-0.3, -0.25) is 4.79 Å². The second-order valence-electron chi connectivity index (χ2n) is 3.61. The van der Waals surface area contributed by atoms with Crippen molar-refractivity contribution in [2.45, 2.75) is 18.9 Å². The van der Waals surface area contributed by atoms with E-state index in [2.05, 4.69) is 25.9 Å². The Labute approximate surface area is 87.2 Å². The fourth-order valence-electron chi connectivity index (χ4n) is 1.79. The zero-order valence-electron chi connectivity index (χ0n) is 8.60. The molecule has 7 nitrogen and oxygen atoms in total. The molecule has 1 unspecified atom stereocenters. The van der Waals surface area contributed by atoms with E-state index in [4.69, 9.17) is 0 Å². The summed E-state index contributed by atoms with van der Waals surface area (Å²) in [6.45, 7) is 1.48. The van der Waals surface area contributed by atoms with Gasteiger partial charge in [0, 0.05) is 19.1 Å². The third-order valence-electron chi connectivity index (χ3n) is 2.65. The van der Waals surface area contributed by atoms with E-state index in [1.165, 1.54) is 0 Å². The van der Waals surface area contributed by atoms with Crippen LogP contribution in [0.25, 0.3) is 0 Å². The Hall–Kier alpha value is -1.50. The highest BCUT2D eigenvalue weighted by atomic mass is 16.2. The minimum absolute atomic E-state index is 0.145. The maximum absolute atomic E-state index is 11.8. The molecule has 82 valence electrons. The van der Waals surface area contributed by atoms with Gasteiger partial charge in [0.2, 0.25) is 0 Å². The first kappa shape index (κ1) is 10.0.